The van der Waals surface area contributed by atoms with Gasteiger partial charge in [-0.1, -0.05) is 48.5 Å². The van der Waals surface area contributed by atoms with Gasteiger partial charge in [0.25, 0.3) is 0 Å². The van der Waals surface area contributed by atoms with Crippen molar-refractivity contribution in [2.24, 2.45) is 0 Å². The molecule has 2 aromatic rings. The van der Waals surface area contributed by atoms with Gasteiger partial charge in [-0.25, -0.2) is 0 Å². The van der Waals surface area contributed by atoms with Crippen molar-refractivity contribution in [3.8, 4) is 16.9 Å². The number of aliphatic hydroxyl groups excluding tert-OH is 1. The number of rotatable bonds is 8. The van der Waals surface area contributed by atoms with E-state index in [0.29, 0.717) is 6.61 Å². The summed E-state index contributed by atoms with van der Waals surface area (Å²) in [6, 6.07) is 18.4. The molecule has 0 heterocycles. The summed E-state index contributed by atoms with van der Waals surface area (Å²) < 4.78 is 5.89. The predicted molar refractivity (Wildman–Crippen MR) is 80.7 cm³/mol. The lowest BCUT2D eigenvalue weighted by atomic mass is 10.1. The van der Waals surface area contributed by atoms with Crippen molar-refractivity contribution in [1.29, 1.82) is 0 Å². The molecule has 3 N–H and O–H groups in total. The Bertz CT molecular complexity index is 499. The molecule has 3 heteroatoms. The van der Waals surface area contributed by atoms with Crippen LogP contribution in [0.15, 0.2) is 54.6 Å². The monoisotopic (exact) mass is 272 g/mol. The summed E-state index contributed by atoms with van der Waals surface area (Å²) >= 11 is 0. The van der Waals surface area contributed by atoms with Gasteiger partial charge in [-0.15, -0.1) is 0 Å². The fourth-order valence-electron chi connectivity index (χ4n) is 2.09. The summed E-state index contributed by atoms with van der Waals surface area (Å²) in [5, 5.41) is 10.8. The van der Waals surface area contributed by atoms with Crippen LogP contribution in [0.1, 0.15) is 6.42 Å². The third-order valence-corrected chi connectivity index (χ3v) is 3.12. The number of aliphatic hydroxyl groups is 1. The van der Waals surface area contributed by atoms with E-state index < -0.39 is 0 Å². The van der Waals surface area contributed by atoms with Crippen LogP contribution in [0.25, 0.3) is 11.1 Å². The van der Waals surface area contributed by atoms with E-state index in [1.165, 1.54) is 5.56 Å². The normalized spacial score (nSPS) is 10.4. The van der Waals surface area contributed by atoms with Crippen molar-refractivity contribution < 1.29 is 15.2 Å². The Labute approximate surface area is 120 Å². The van der Waals surface area contributed by atoms with E-state index in [-0.39, 0.29) is 6.61 Å². The molecule has 0 radical (unpaired) electrons. The molecular formula is C17H22NO2+. The molecule has 0 aliphatic carbocycles. The molecule has 0 fully saturated rings. The molecule has 0 atom stereocenters. The van der Waals surface area contributed by atoms with Gasteiger partial charge in [-0.3, -0.25) is 0 Å². The molecule has 3 nitrogen and oxygen atoms in total. The Balaban J connectivity index is 1.92. The van der Waals surface area contributed by atoms with Crippen molar-refractivity contribution in [3.05, 3.63) is 54.6 Å². The summed E-state index contributed by atoms with van der Waals surface area (Å²) in [6.07, 6.45) is 0.975. The Morgan fingerprint density at radius 1 is 0.900 bits per heavy atom. The fourth-order valence-corrected chi connectivity index (χ4v) is 2.09. The van der Waals surface area contributed by atoms with Gasteiger partial charge in [0.2, 0.25) is 0 Å². The molecule has 0 unspecified atom stereocenters. The summed E-state index contributed by atoms with van der Waals surface area (Å²) in [6.45, 7) is 2.68. The highest BCUT2D eigenvalue weighted by molar-refractivity contribution is 5.70. The third-order valence-electron chi connectivity index (χ3n) is 3.12. The lowest BCUT2D eigenvalue weighted by Gasteiger charge is -2.11. The first-order valence-electron chi connectivity index (χ1n) is 7.11. The van der Waals surface area contributed by atoms with Crippen LogP contribution in [0, 0.1) is 0 Å². The minimum absolute atomic E-state index is 0.234. The molecule has 0 aromatic heterocycles. The van der Waals surface area contributed by atoms with Gasteiger partial charge in [0.1, 0.15) is 5.75 Å². The second-order valence-electron chi connectivity index (χ2n) is 4.65. The highest BCUT2D eigenvalue weighted by Crippen LogP contribution is 2.29. The van der Waals surface area contributed by atoms with Crippen molar-refractivity contribution in [2.75, 3.05) is 26.3 Å². The molecule has 2 rings (SSSR count). The topological polar surface area (TPSA) is 46.1 Å². The SMILES string of the molecule is OCC[NH2+]CCCOc1ccccc1-c1ccccc1. The van der Waals surface area contributed by atoms with Crippen molar-refractivity contribution in [3.63, 3.8) is 0 Å². The first-order valence-corrected chi connectivity index (χ1v) is 7.11. The Hall–Kier alpha value is -1.84. The number of benzene rings is 2. The van der Waals surface area contributed by atoms with Crippen LogP contribution in [0.2, 0.25) is 0 Å². The lowest BCUT2D eigenvalue weighted by molar-refractivity contribution is -0.656. The summed E-state index contributed by atoms with van der Waals surface area (Å²) in [7, 11) is 0. The van der Waals surface area contributed by atoms with Gasteiger partial charge in [-0.2, -0.15) is 0 Å². The van der Waals surface area contributed by atoms with E-state index in [9.17, 15) is 0 Å². The van der Waals surface area contributed by atoms with Crippen molar-refractivity contribution in [1.82, 2.24) is 0 Å². The number of nitrogens with two attached hydrogens (primary N) is 1. The number of quaternary nitrogens is 1. The van der Waals surface area contributed by atoms with E-state index in [4.69, 9.17) is 9.84 Å². The zero-order valence-electron chi connectivity index (χ0n) is 11.7. The fraction of sp³-hybridized carbons (Fsp3) is 0.294. The zero-order chi connectivity index (χ0) is 14.0. The first kappa shape index (κ1) is 14.6. The second kappa shape index (κ2) is 8.35. The lowest BCUT2D eigenvalue weighted by Crippen LogP contribution is -2.85. The van der Waals surface area contributed by atoms with E-state index in [2.05, 4.69) is 23.5 Å². The molecule has 0 spiro atoms. The summed E-state index contributed by atoms with van der Waals surface area (Å²) in [5.74, 6) is 0.931. The van der Waals surface area contributed by atoms with E-state index >= 15 is 0 Å². The summed E-state index contributed by atoms with van der Waals surface area (Å²) in [4.78, 5) is 0. The molecule has 0 aliphatic heterocycles. The van der Waals surface area contributed by atoms with Crippen LogP contribution in [-0.4, -0.2) is 31.4 Å². The molecule has 0 bridgehead atoms. The average Bonchev–Trinajstić information content (AvgIpc) is 2.52. The number of ether oxygens (including phenoxy) is 1. The molecule has 0 aliphatic rings. The Morgan fingerprint density at radius 3 is 2.45 bits per heavy atom. The molecule has 20 heavy (non-hydrogen) atoms. The van der Waals surface area contributed by atoms with Crippen LogP contribution >= 0.6 is 0 Å². The third kappa shape index (κ3) is 4.37. The van der Waals surface area contributed by atoms with Gasteiger partial charge in [0.05, 0.1) is 26.3 Å². The van der Waals surface area contributed by atoms with Crippen LogP contribution in [-0.2, 0) is 0 Å². The minimum atomic E-state index is 0.234. The maximum Gasteiger partial charge on any atom is 0.127 e. The van der Waals surface area contributed by atoms with Crippen molar-refractivity contribution >= 4 is 0 Å². The summed E-state index contributed by atoms with van der Waals surface area (Å²) in [5.41, 5.74) is 2.31. The highest BCUT2D eigenvalue weighted by atomic mass is 16.5. The molecule has 0 amide bonds. The number of hydrogen-bond donors (Lipinski definition) is 2. The maximum atomic E-state index is 8.70. The smallest absolute Gasteiger partial charge is 0.127 e. The molecule has 2 aromatic carbocycles. The van der Waals surface area contributed by atoms with Crippen LogP contribution in [0.3, 0.4) is 0 Å². The quantitative estimate of drug-likeness (QED) is 0.718. The second-order valence-corrected chi connectivity index (χ2v) is 4.65. The molecule has 0 saturated heterocycles. The zero-order valence-corrected chi connectivity index (χ0v) is 11.7. The Kier molecular flexibility index (Phi) is 6.08. The van der Waals surface area contributed by atoms with E-state index in [1.807, 2.05) is 36.4 Å². The number of hydrogen-bond acceptors (Lipinski definition) is 2. The number of para-hydroxylation sites is 1. The maximum absolute atomic E-state index is 8.70. The van der Waals surface area contributed by atoms with Gasteiger partial charge in [0.15, 0.2) is 0 Å². The van der Waals surface area contributed by atoms with Gasteiger partial charge in [-0.05, 0) is 11.6 Å². The standard InChI is InChI=1S/C17H21NO2/c19-13-12-18-11-6-14-20-17-10-5-4-9-16(17)15-7-2-1-3-8-15/h1-5,7-10,18-19H,6,11-14H2/p+1. The average molecular weight is 272 g/mol. The highest BCUT2D eigenvalue weighted by Gasteiger charge is 2.04. The first-order chi connectivity index (χ1) is 9.92. The molecule has 0 saturated carbocycles. The molecule has 106 valence electrons. The van der Waals surface area contributed by atoms with Gasteiger partial charge < -0.3 is 15.2 Å². The van der Waals surface area contributed by atoms with Gasteiger partial charge in [0, 0.05) is 12.0 Å². The minimum Gasteiger partial charge on any atom is -0.493 e. The largest absolute Gasteiger partial charge is 0.493 e. The molecular weight excluding hydrogens is 250 g/mol. The van der Waals surface area contributed by atoms with E-state index in [1.54, 1.807) is 0 Å². The van der Waals surface area contributed by atoms with Gasteiger partial charge >= 0.3 is 0 Å². The van der Waals surface area contributed by atoms with Crippen LogP contribution in [0.4, 0.5) is 0 Å². The predicted octanol–water partition coefficient (Wildman–Crippen LogP) is 1.68. The van der Waals surface area contributed by atoms with E-state index in [0.717, 1.165) is 30.8 Å². The van der Waals surface area contributed by atoms with Crippen molar-refractivity contribution in [2.45, 2.75) is 6.42 Å². The Morgan fingerprint density at radius 2 is 1.65 bits per heavy atom. The van der Waals surface area contributed by atoms with Crippen LogP contribution in [0.5, 0.6) is 5.75 Å². The van der Waals surface area contributed by atoms with Crippen LogP contribution < -0.4 is 10.1 Å².